The van der Waals surface area contributed by atoms with E-state index in [2.05, 4.69) is 30.1 Å². The second kappa shape index (κ2) is 8.60. The molecule has 0 saturated carbocycles. The minimum atomic E-state index is -4.54. The number of anilines is 1. The van der Waals surface area contributed by atoms with Crippen LogP contribution in [0.2, 0.25) is 0 Å². The van der Waals surface area contributed by atoms with Gasteiger partial charge in [0.1, 0.15) is 12.2 Å². The van der Waals surface area contributed by atoms with Crippen LogP contribution >= 0.6 is 0 Å². The molecule has 17 heteroatoms. The van der Waals surface area contributed by atoms with E-state index in [1.807, 2.05) is 0 Å². The van der Waals surface area contributed by atoms with Gasteiger partial charge < -0.3 is 14.6 Å². The van der Waals surface area contributed by atoms with Gasteiger partial charge in [-0.1, -0.05) is 0 Å². The smallest absolute Gasteiger partial charge is 0.408 e. The van der Waals surface area contributed by atoms with Crippen molar-refractivity contribution in [2.75, 3.05) is 18.0 Å². The summed E-state index contributed by atoms with van der Waals surface area (Å²) >= 11 is 0. The van der Waals surface area contributed by atoms with Crippen LogP contribution in [0.3, 0.4) is 0 Å². The van der Waals surface area contributed by atoms with Crippen molar-refractivity contribution in [2.24, 2.45) is 0 Å². The van der Waals surface area contributed by atoms with Crippen LogP contribution in [0.25, 0.3) is 27.8 Å². The van der Waals surface area contributed by atoms with Crippen LogP contribution in [0.4, 0.5) is 27.6 Å². The van der Waals surface area contributed by atoms with E-state index in [1.54, 1.807) is 0 Å². The van der Waals surface area contributed by atoms with E-state index < -0.39 is 42.5 Å². The fourth-order valence-corrected chi connectivity index (χ4v) is 4.39. The van der Waals surface area contributed by atoms with Gasteiger partial charge in [-0.15, -0.1) is 0 Å². The van der Waals surface area contributed by atoms with E-state index in [-0.39, 0.29) is 45.9 Å². The number of ether oxygens (including phenoxy) is 1. The molecule has 5 aromatic heterocycles. The third kappa shape index (κ3) is 4.55. The summed E-state index contributed by atoms with van der Waals surface area (Å²) in [4.78, 5) is 37.6. The summed E-state index contributed by atoms with van der Waals surface area (Å²) in [5.74, 6) is -3.69. The molecule has 12 nitrogen and oxygen atoms in total. The zero-order chi connectivity index (χ0) is 27.5. The summed E-state index contributed by atoms with van der Waals surface area (Å²) < 4.78 is 76.4. The van der Waals surface area contributed by atoms with Crippen molar-refractivity contribution in [3.05, 3.63) is 64.0 Å². The molecule has 1 unspecified atom stereocenters. The van der Waals surface area contributed by atoms with Gasteiger partial charge in [0.05, 0.1) is 36.1 Å². The number of pyridine rings is 1. The largest absolute Gasteiger partial charge is 0.466 e. The summed E-state index contributed by atoms with van der Waals surface area (Å²) in [6.45, 7) is -2.50. The van der Waals surface area contributed by atoms with E-state index in [9.17, 15) is 22.8 Å². The van der Waals surface area contributed by atoms with Crippen molar-refractivity contribution in [1.29, 1.82) is 0 Å². The molecule has 6 heterocycles. The predicted molar refractivity (Wildman–Crippen MR) is 125 cm³/mol. The second-order valence-corrected chi connectivity index (χ2v) is 8.84. The molecule has 1 aliphatic heterocycles. The Bertz CT molecular complexity index is 1820. The Kier molecular flexibility index (Phi) is 5.40. The fraction of sp³-hybridized carbons (Fsp3) is 0.273. The number of hydrogen-bond donors (Lipinski definition) is 2. The van der Waals surface area contributed by atoms with Gasteiger partial charge in [0.15, 0.2) is 11.8 Å². The highest BCUT2D eigenvalue weighted by Gasteiger charge is 2.51. The predicted octanol–water partition coefficient (Wildman–Crippen LogP) is 1.98. The number of nitrogens with one attached hydrogen (secondary N) is 2. The van der Waals surface area contributed by atoms with Crippen LogP contribution in [0, 0.1) is 0 Å². The fourth-order valence-electron chi connectivity index (χ4n) is 4.39. The number of alkyl halides is 5. The van der Waals surface area contributed by atoms with Gasteiger partial charge in [-0.3, -0.25) is 14.5 Å². The summed E-state index contributed by atoms with van der Waals surface area (Å²) in [5, 5.41) is 8.25. The average Bonchev–Trinajstić information content (AvgIpc) is 3.55. The summed E-state index contributed by atoms with van der Waals surface area (Å²) in [6.07, 6.45) is 0.153. The Hall–Kier alpha value is -4.83. The lowest BCUT2D eigenvalue weighted by atomic mass is 10.2. The number of rotatable bonds is 5. The summed E-state index contributed by atoms with van der Waals surface area (Å²) in [5.41, 5.74) is -0.890. The molecule has 1 atom stereocenters. The maximum absolute atomic E-state index is 15.1. The van der Waals surface area contributed by atoms with E-state index in [1.165, 1.54) is 40.3 Å². The van der Waals surface area contributed by atoms with E-state index in [0.29, 0.717) is 4.68 Å². The van der Waals surface area contributed by atoms with Crippen LogP contribution in [0.1, 0.15) is 0 Å². The molecule has 1 saturated heterocycles. The van der Waals surface area contributed by atoms with Gasteiger partial charge in [-0.2, -0.15) is 23.4 Å². The molecule has 0 aromatic carbocycles. The van der Waals surface area contributed by atoms with Crippen LogP contribution in [-0.4, -0.2) is 70.6 Å². The van der Waals surface area contributed by atoms with Crippen LogP contribution in [0.5, 0.6) is 5.88 Å². The van der Waals surface area contributed by atoms with Gasteiger partial charge >= 0.3 is 17.8 Å². The monoisotopic (exact) mass is 549 g/mol. The Labute approximate surface area is 212 Å². The van der Waals surface area contributed by atoms with E-state index in [0.717, 1.165) is 12.3 Å². The van der Waals surface area contributed by atoms with Gasteiger partial charge in [0, 0.05) is 36.2 Å². The number of aromatic amines is 2. The summed E-state index contributed by atoms with van der Waals surface area (Å²) in [6, 6.07) is 2.52. The molecule has 0 amide bonds. The zero-order valence-corrected chi connectivity index (χ0v) is 19.5. The SMILES string of the molecule is O=c1[nH]cc(-c2cc(N3CC(Oc4cc5c(cn4)cnn5CC(F)(F)F)C(F)(F)C3)c3nccn3n2)c(=O)[nH]1. The molecule has 6 rings (SSSR count). The number of nitrogens with zero attached hydrogens (tertiary/aromatic N) is 7. The molecule has 5 aromatic rings. The Morgan fingerprint density at radius 1 is 1.15 bits per heavy atom. The maximum Gasteiger partial charge on any atom is 0.408 e. The number of hydrogen-bond acceptors (Lipinski definition) is 8. The van der Waals surface area contributed by atoms with Gasteiger partial charge in [0.25, 0.3) is 5.56 Å². The lowest BCUT2D eigenvalue weighted by Crippen LogP contribution is -2.36. The van der Waals surface area contributed by atoms with Crippen LogP contribution < -0.4 is 20.9 Å². The Balaban J connectivity index is 1.32. The quantitative estimate of drug-likeness (QED) is 0.318. The molecule has 0 spiro atoms. The average molecular weight is 549 g/mol. The molecule has 1 fully saturated rings. The van der Waals surface area contributed by atoms with Gasteiger partial charge in [-0.05, 0) is 6.07 Å². The highest BCUT2D eigenvalue weighted by molar-refractivity contribution is 5.78. The van der Waals surface area contributed by atoms with Crippen LogP contribution in [0.15, 0.2) is 52.7 Å². The number of halogens is 5. The highest BCUT2D eigenvalue weighted by atomic mass is 19.4. The van der Waals surface area contributed by atoms with Crippen molar-refractivity contribution < 1.29 is 26.7 Å². The number of imidazole rings is 1. The highest BCUT2D eigenvalue weighted by Crippen LogP contribution is 2.36. The first-order chi connectivity index (χ1) is 18.5. The van der Waals surface area contributed by atoms with Gasteiger partial charge in [-0.25, -0.2) is 28.1 Å². The minimum absolute atomic E-state index is 0.00169. The first-order valence-electron chi connectivity index (χ1n) is 11.3. The zero-order valence-electron chi connectivity index (χ0n) is 19.5. The third-order valence-corrected chi connectivity index (χ3v) is 6.13. The topological polar surface area (TPSA) is 139 Å². The van der Waals surface area contributed by atoms with Crippen molar-refractivity contribution in [2.45, 2.75) is 24.7 Å². The van der Waals surface area contributed by atoms with Crippen molar-refractivity contribution in [3.8, 4) is 17.1 Å². The van der Waals surface area contributed by atoms with E-state index >= 15 is 8.78 Å². The van der Waals surface area contributed by atoms with Gasteiger partial charge in [0.2, 0.25) is 5.88 Å². The Morgan fingerprint density at radius 3 is 2.74 bits per heavy atom. The number of fused-ring (bicyclic) bond motifs is 2. The number of H-pyrrole nitrogens is 2. The summed E-state index contributed by atoms with van der Waals surface area (Å²) in [7, 11) is 0. The van der Waals surface area contributed by atoms with Crippen LogP contribution in [-0.2, 0) is 6.54 Å². The van der Waals surface area contributed by atoms with E-state index in [4.69, 9.17) is 4.74 Å². The van der Waals surface area contributed by atoms with Crippen molar-refractivity contribution in [3.63, 3.8) is 0 Å². The molecule has 202 valence electrons. The molecule has 0 bridgehead atoms. The molecular weight excluding hydrogens is 533 g/mol. The van der Waals surface area contributed by atoms with Crippen molar-refractivity contribution >= 4 is 22.2 Å². The molecule has 0 aliphatic carbocycles. The first-order valence-corrected chi connectivity index (χ1v) is 11.3. The number of aromatic nitrogens is 8. The standard InChI is InChI=1S/C22H16F5N9O3/c23-21(24)9-34(8-16(21)39-17-4-14-11(5-29-17)6-31-36(14)10-22(25,26)27)15-3-13(33-35-2-1-28-18(15)35)12-7-30-20(38)32-19(12)37/h1-7,16H,8-10H2,(H2,30,32,37,38). The normalized spacial score (nSPS) is 17.4. The maximum atomic E-state index is 15.1. The minimum Gasteiger partial charge on any atom is -0.466 e. The lowest BCUT2D eigenvalue weighted by Gasteiger charge is -2.19. The lowest BCUT2D eigenvalue weighted by molar-refractivity contribution is -0.141. The molecule has 39 heavy (non-hydrogen) atoms. The molecule has 0 radical (unpaired) electrons. The second-order valence-electron chi connectivity index (χ2n) is 8.84. The Morgan fingerprint density at radius 2 is 1.97 bits per heavy atom. The molecule has 2 N–H and O–H groups in total. The molecular formula is C22H16F5N9O3. The first kappa shape index (κ1) is 24.5. The third-order valence-electron chi connectivity index (χ3n) is 6.13. The van der Waals surface area contributed by atoms with Crippen molar-refractivity contribution in [1.82, 2.24) is 39.3 Å². The molecule has 1 aliphatic rings.